The third-order valence-electron chi connectivity index (χ3n) is 4.49. The number of rotatable bonds is 5. The molecule has 4 rings (SSSR count). The second-order valence-electron chi connectivity index (χ2n) is 6.19. The Hall–Kier alpha value is -3.14. The molecule has 1 aliphatic heterocycles. The minimum Gasteiger partial charge on any atom is -0.361 e. The van der Waals surface area contributed by atoms with Crippen LogP contribution >= 0.6 is 0 Å². The van der Waals surface area contributed by atoms with E-state index < -0.39 is 0 Å². The number of H-pyrrole nitrogens is 1. The number of carbonyl (C=O) groups excluding carboxylic acids is 1. The van der Waals surface area contributed by atoms with Crippen LogP contribution in [0.5, 0.6) is 0 Å². The van der Waals surface area contributed by atoms with Crippen LogP contribution < -0.4 is 5.43 Å². The van der Waals surface area contributed by atoms with Crippen molar-refractivity contribution in [2.75, 3.05) is 0 Å². The Morgan fingerprint density at radius 3 is 2.64 bits per heavy atom. The quantitative estimate of drug-likeness (QED) is 0.681. The molecule has 0 fully saturated rings. The highest BCUT2D eigenvalue weighted by atomic mass is 16.2. The number of hydrogen-bond acceptors (Lipinski definition) is 2. The molecule has 2 aromatic carbocycles. The van der Waals surface area contributed by atoms with E-state index in [2.05, 4.69) is 45.8 Å². The van der Waals surface area contributed by atoms with Gasteiger partial charge in [0.2, 0.25) is 0 Å². The Labute approximate surface area is 146 Å². The fraction of sp³-hybridized carbons (Fsp3) is 0.143. The molecule has 1 aliphatic rings. The molecule has 25 heavy (non-hydrogen) atoms. The third kappa shape index (κ3) is 3.24. The highest BCUT2D eigenvalue weighted by molar-refractivity contribution is 6.27. The minimum absolute atomic E-state index is 0.125. The molecule has 0 spiro atoms. The van der Waals surface area contributed by atoms with Gasteiger partial charge in [0.05, 0.1) is 11.3 Å². The van der Waals surface area contributed by atoms with Crippen molar-refractivity contribution in [3.63, 3.8) is 0 Å². The lowest BCUT2D eigenvalue weighted by Gasteiger charge is -2.03. The van der Waals surface area contributed by atoms with Gasteiger partial charge in [0, 0.05) is 22.7 Å². The lowest BCUT2D eigenvalue weighted by atomic mass is 10.0. The molecule has 0 saturated heterocycles. The van der Waals surface area contributed by atoms with Gasteiger partial charge >= 0.3 is 0 Å². The van der Waals surface area contributed by atoms with E-state index in [0.29, 0.717) is 5.57 Å². The highest BCUT2D eigenvalue weighted by Crippen LogP contribution is 2.23. The van der Waals surface area contributed by atoms with Gasteiger partial charge in [0.25, 0.3) is 5.91 Å². The fourth-order valence-electron chi connectivity index (χ4n) is 3.18. The van der Waals surface area contributed by atoms with Crippen LogP contribution in [0.1, 0.15) is 24.0 Å². The summed E-state index contributed by atoms with van der Waals surface area (Å²) in [4.78, 5) is 15.4. The summed E-state index contributed by atoms with van der Waals surface area (Å²) in [5.41, 5.74) is 7.49. The van der Waals surface area contributed by atoms with E-state index in [0.717, 1.165) is 41.4 Å². The van der Waals surface area contributed by atoms with Crippen molar-refractivity contribution < 1.29 is 4.79 Å². The molecule has 0 bridgehead atoms. The Bertz CT molecular complexity index is 967. The first kappa shape index (κ1) is 15.4. The monoisotopic (exact) mass is 329 g/mol. The number of benzene rings is 2. The molecule has 0 atom stereocenters. The van der Waals surface area contributed by atoms with Gasteiger partial charge in [-0.3, -0.25) is 4.79 Å². The minimum atomic E-state index is -0.125. The van der Waals surface area contributed by atoms with Crippen molar-refractivity contribution >= 4 is 28.6 Å². The summed E-state index contributed by atoms with van der Waals surface area (Å²) in [6.45, 7) is 0. The molecule has 2 N–H and O–H groups in total. The molecule has 0 unspecified atom stereocenters. The second-order valence-corrected chi connectivity index (χ2v) is 6.19. The first-order chi connectivity index (χ1) is 12.3. The zero-order chi connectivity index (χ0) is 17.1. The van der Waals surface area contributed by atoms with Crippen molar-refractivity contribution in [1.29, 1.82) is 0 Å². The van der Waals surface area contributed by atoms with Crippen LogP contribution in [-0.2, 0) is 11.2 Å². The SMILES string of the molecule is O=C1NN=C(CCCc2ccccc2)C1=Cc1c[nH]c2ccccc12. The molecule has 0 saturated carbocycles. The zero-order valence-corrected chi connectivity index (χ0v) is 13.8. The number of hydrogen-bond donors (Lipinski definition) is 2. The number of amides is 1. The van der Waals surface area contributed by atoms with Gasteiger partial charge in [-0.1, -0.05) is 48.5 Å². The van der Waals surface area contributed by atoms with Crippen molar-refractivity contribution in [3.05, 3.63) is 77.5 Å². The third-order valence-corrected chi connectivity index (χ3v) is 4.49. The summed E-state index contributed by atoms with van der Waals surface area (Å²) >= 11 is 0. The second kappa shape index (κ2) is 6.77. The van der Waals surface area contributed by atoms with Gasteiger partial charge in [-0.25, -0.2) is 5.43 Å². The molecule has 1 amide bonds. The summed E-state index contributed by atoms with van der Waals surface area (Å²) in [6.07, 6.45) is 6.59. The summed E-state index contributed by atoms with van der Waals surface area (Å²) in [6, 6.07) is 18.5. The topological polar surface area (TPSA) is 57.2 Å². The molecule has 0 aliphatic carbocycles. The van der Waals surface area contributed by atoms with Gasteiger partial charge in [-0.15, -0.1) is 0 Å². The van der Waals surface area contributed by atoms with Crippen LogP contribution in [0.2, 0.25) is 0 Å². The predicted molar refractivity (Wildman–Crippen MR) is 101 cm³/mol. The van der Waals surface area contributed by atoms with Crippen LogP contribution in [0.15, 0.2) is 71.5 Å². The Balaban J connectivity index is 1.51. The van der Waals surface area contributed by atoms with Crippen LogP contribution in [0, 0.1) is 0 Å². The number of carbonyl (C=O) groups is 1. The maximum absolute atomic E-state index is 12.2. The van der Waals surface area contributed by atoms with Crippen LogP contribution in [-0.4, -0.2) is 16.6 Å². The van der Waals surface area contributed by atoms with Crippen molar-refractivity contribution in [3.8, 4) is 0 Å². The molecule has 124 valence electrons. The molecule has 3 aromatic rings. The summed E-state index contributed by atoms with van der Waals surface area (Å²) < 4.78 is 0. The zero-order valence-electron chi connectivity index (χ0n) is 13.8. The first-order valence-corrected chi connectivity index (χ1v) is 8.50. The standard InChI is InChI=1S/C21H19N3O/c25-21-18(13-16-14-22-19-11-5-4-10-17(16)19)20(23-24-21)12-6-9-15-7-2-1-3-8-15/h1-5,7-8,10-11,13-14,22H,6,9,12H2,(H,24,25). The van der Waals surface area contributed by atoms with E-state index in [-0.39, 0.29) is 5.91 Å². The van der Waals surface area contributed by atoms with Gasteiger partial charge in [-0.05, 0) is 37.0 Å². The Morgan fingerprint density at radius 2 is 1.76 bits per heavy atom. The molecule has 2 heterocycles. The number of hydrazone groups is 1. The van der Waals surface area contributed by atoms with Crippen LogP contribution in [0.4, 0.5) is 0 Å². The average molecular weight is 329 g/mol. The molecule has 4 nitrogen and oxygen atoms in total. The smallest absolute Gasteiger partial charge is 0.273 e. The Kier molecular flexibility index (Phi) is 4.17. The lowest BCUT2D eigenvalue weighted by molar-refractivity contribution is -0.116. The fourth-order valence-corrected chi connectivity index (χ4v) is 3.18. The van der Waals surface area contributed by atoms with Crippen molar-refractivity contribution in [2.24, 2.45) is 5.10 Å². The Morgan fingerprint density at radius 1 is 0.960 bits per heavy atom. The van der Waals surface area contributed by atoms with Crippen LogP contribution in [0.3, 0.4) is 0 Å². The summed E-state index contributed by atoms with van der Waals surface area (Å²) in [5.74, 6) is -0.125. The molecular formula is C21H19N3O. The maximum Gasteiger partial charge on any atom is 0.273 e. The number of aromatic amines is 1. The van der Waals surface area contributed by atoms with E-state index in [1.807, 2.05) is 36.5 Å². The van der Waals surface area contributed by atoms with E-state index in [1.165, 1.54) is 5.56 Å². The van der Waals surface area contributed by atoms with E-state index in [9.17, 15) is 4.79 Å². The predicted octanol–water partition coefficient (Wildman–Crippen LogP) is 4.06. The molecule has 0 radical (unpaired) electrons. The number of aryl methyl sites for hydroxylation is 1. The molecular weight excluding hydrogens is 310 g/mol. The van der Waals surface area contributed by atoms with E-state index in [4.69, 9.17) is 0 Å². The van der Waals surface area contributed by atoms with Crippen LogP contribution in [0.25, 0.3) is 17.0 Å². The van der Waals surface area contributed by atoms with E-state index >= 15 is 0 Å². The highest BCUT2D eigenvalue weighted by Gasteiger charge is 2.22. The van der Waals surface area contributed by atoms with Gasteiger partial charge in [0.15, 0.2) is 0 Å². The number of fused-ring (bicyclic) bond motifs is 1. The number of para-hydroxylation sites is 1. The van der Waals surface area contributed by atoms with E-state index in [1.54, 1.807) is 0 Å². The maximum atomic E-state index is 12.2. The lowest BCUT2D eigenvalue weighted by Crippen LogP contribution is -2.13. The van der Waals surface area contributed by atoms with Crippen molar-refractivity contribution in [2.45, 2.75) is 19.3 Å². The van der Waals surface area contributed by atoms with Gasteiger partial charge in [-0.2, -0.15) is 5.10 Å². The average Bonchev–Trinajstić information content (AvgIpc) is 3.21. The first-order valence-electron chi connectivity index (χ1n) is 8.50. The van der Waals surface area contributed by atoms with Gasteiger partial charge in [0.1, 0.15) is 0 Å². The largest absolute Gasteiger partial charge is 0.361 e. The van der Waals surface area contributed by atoms with Gasteiger partial charge < -0.3 is 4.98 Å². The summed E-state index contributed by atoms with van der Waals surface area (Å²) in [7, 11) is 0. The van der Waals surface area contributed by atoms with Crippen molar-refractivity contribution in [1.82, 2.24) is 10.4 Å². The number of aromatic nitrogens is 1. The number of nitrogens with one attached hydrogen (secondary N) is 2. The molecule has 4 heteroatoms. The summed E-state index contributed by atoms with van der Waals surface area (Å²) in [5, 5.41) is 5.34. The number of nitrogens with zero attached hydrogens (tertiary/aromatic N) is 1. The molecule has 1 aromatic heterocycles. The normalized spacial score (nSPS) is 15.6.